The molecular formula is C21H21NO9. The van der Waals surface area contributed by atoms with Gasteiger partial charge in [0.25, 0.3) is 5.09 Å². The number of phenolic OH excluding ortho intramolecular Hbond substituents is 1. The summed E-state index contributed by atoms with van der Waals surface area (Å²) >= 11 is 0. The summed E-state index contributed by atoms with van der Waals surface area (Å²) in [6.45, 7) is 0.0514. The van der Waals surface area contributed by atoms with Gasteiger partial charge in [0, 0.05) is 6.08 Å². The second-order valence-corrected chi connectivity index (χ2v) is 6.08. The lowest BCUT2D eigenvalue weighted by Gasteiger charge is -2.10. The van der Waals surface area contributed by atoms with Crippen molar-refractivity contribution in [2.75, 3.05) is 20.3 Å². The number of para-hydroxylation sites is 1. The number of phenols is 1. The molecule has 0 amide bonds. The number of hydrogen-bond acceptors (Lipinski definition) is 9. The highest BCUT2D eigenvalue weighted by molar-refractivity contribution is 5.94. The Hall–Kier alpha value is -4.08. The first kappa shape index (κ1) is 23.2. The first-order chi connectivity index (χ1) is 14.9. The number of benzene rings is 2. The van der Waals surface area contributed by atoms with E-state index in [1.807, 2.05) is 0 Å². The van der Waals surface area contributed by atoms with Gasteiger partial charge >= 0.3 is 11.9 Å². The van der Waals surface area contributed by atoms with Crippen LogP contribution in [0.3, 0.4) is 0 Å². The normalized spacial score (nSPS) is 10.5. The van der Waals surface area contributed by atoms with Crippen LogP contribution in [0.25, 0.3) is 6.08 Å². The molecule has 0 aliphatic heterocycles. The molecule has 0 aromatic heterocycles. The summed E-state index contributed by atoms with van der Waals surface area (Å²) in [6, 6.07) is 10.7. The summed E-state index contributed by atoms with van der Waals surface area (Å²) in [5.41, 5.74) is 0.608. The van der Waals surface area contributed by atoms with Gasteiger partial charge in [-0.25, -0.2) is 9.59 Å². The van der Waals surface area contributed by atoms with Crippen LogP contribution in [0.2, 0.25) is 0 Å². The van der Waals surface area contributed by atoms with Crippen LogP contribution in [0.15, 0.2) is 48.5 Å². The van der Waals surface area contributed by atoms with Gasteiger partial charge in [-0.3, -0.25) is 0 Å². The highest BCUT2D eigenvalue weighted by Gasteiger charge is 2.15. The zero-order valence-corrected chi connectivity index (χ0v) is 16.7. The number of methoxy groups -OCH3 is 1. The van der Waals surface area contributed by atoms with Crippen molar-refractivity contribution >= 4 is 18.0 Å². The first-order valence-corrected chi connectivity index (χ1v) is 9.21. The maximum atomic E-state index is 12.2. The fourth-order valence-electron chi connectivity index (χ4n) is 2.40. The standard InChI is InChI=1S/C21H21NO9/c1-28-19-14-15(9-11-20(24)29-12-4-5-13-30-22(26)27)8-10-18(19)31-21(25)16-6-2-3-7-17(16)23/h2-3,6-11,14,23H,4-5,12-13H2,1H3/b11-9+. The van der Waals surface area contributed by atoms with E-state index < -0.39 is 17.0 Å². The number of rotatable bonds is 11. The van der Waals surface area contributed by atoms with Crippen LogP contribution in [-0.2, 0) is 14.4 Å². The molecule has 0 fully saturated rings. The molecule has 2 rings (SSSR count). The highest BCUT2D eigenvalue weighted by atomic mass is 16.9. The number of aromatic hydroxyl groups is 1. The number of carbonyl (C=O) groups is 2. The summed E-state index contributed by atoms with van der Waals surface area (Å²) in [4.78, 5) is 38.1. The van der Waals surface area contributed by atoms with Crippen LogP contribution >= 0.6 is 0 Å². The smallest absolute Gasteiger partial charge is 0.347 e. The van der Waals surface area contributed by atoms with E-state index in [0.717, 1.165) is 0 Å². The van der Waals surface area contributed by atoms with E-state index >= 15 is 0 Å². The van der Waals surface area contributed by atoms with Gasteiger partial charge in [-0.1, -0.05) is 18.2 Å². The Kier molecular flexibility index (Phi) is 8.84. The van der Waals surface area contributed by atoms with E-state index in [9.17, 15) is 24.8 Å². The van der Waals surface area contributed by atoms with Gasteiger partial charge in [0.05, 0.1) is 20.3 Å². The molecule has 0 atom stereocenters. The minimum Gasteiger partial charge on any atom is -0.507 e. The lowest BCUT2D eigenvalue weighted by molar-refractivity contribution is -0.757. The molecule has 0 aliphatic rings. The second-order valence-electron chi connectivity index (χ2n) is 6.08. The maximum absolute atomic E-state index is 12.2. The average molecular weight is 431 g/mol. The van der Waals surface area contributed by atoms with Gasteiger partial charge in [0.1, 0.15) is 11.3 Å². The average Bonchev–Trinajstić information content (AvgIpc) is 2.75. The molecule has 1 N–H and O–H groups in total. The van der Waals surface area contributed by atoms with Gasteiger partial charge in [-0.05, 0) is 48.7 Å². The Bertz CT molecular complexity index is 956. The van der Waals surface area contributed by atoms with Crippen LogP contribution < -0.4 is 9.47 Å². The molecule has 10 nitrogen and oxygen atoms in total. The van der Waals surface area contributed by atoms with Crippen LogP contribution in [0.1, 0.15) is 28.8 Å². The Morgan fingerprint density at radius 2 is 1.84 bits per heavy atom. The minimum atomic E-state index is -0.874. The van der Waals surface area contributed by atoms with Crippen molar-refractivity contribution in [2.24, 2.45) is 0 Å². The maximum Gasteiger partial charge on any atom is 0.347 e. The molecule has 0 bridgehead atoms. The fraction of sp³-hybridized carbons (Fsp3) is 0.238. The summed E-state index contributed by atoms with van der Waals surface area (Å²) < 4.78 is 15.5. The predicted molar refractivity (Wildman–Crippen MR) is 108 cm³/mol. The lowest BCUT2D eigenvalue weighted by Crippen LogP contribution is -2.09. The monoisotopic (exact) mass is 431 g/mol. The molecule has 0 unspecified atom stereocenters. The molecular weight excluding hydrogens is 410 g/mol. The molecule has 0 heterocycles. The zero-order chi connectivity index (χ0) is 22.6. The van der Waals surface area contributed by atoms with Crippen molar-refractivity contribution in [1.29, 1.82) is 0 Å². The van der Waals surface area contributed by atoms with Crippen molar-refractivity contribution < 1.29 is 38.8 Å². The zero-order valence-electron chi connectivity index (χ0n) is 16.7. The van der Waals surface area contributed by atoms with Gasteiger partial charge < -0.3 is 24.2 Å². The molecule has 0 spiro atoms. The van der Waals surface area contributed by atoms with Gasteiger partial charge in [0.2, 0.25) is 0 Å². The number of carbonyl (C=O) groups excluding carboxylic acids is 2. The quantitative estimate of drug-likeness (QED) is 0.142. The first-order valence-electron chi connectivity index (χ1n) is 9.21. The Morgan fingerprint density at radius 1 is 1.10 bits per heavy atom. The summed E-state index contributed by atoms with van der Waals surface area (Å²) in [5.74, 6) is -1.12. The van der Waals surface area contributed by atoms with Crippen molar-refractivity contribution in [3.8, 4) is 17.2 Å². The van der Waals surface area contributed by atoms with Crippen molar-refractivity contribution in [3.63, 3.8) is 0 Å². The third-order valence-electron chi connectivity index (χ3n) is 3.91. The highest BCUT2D eigenvalue weighted by Crippen LogP contribution is 2.30. The number of esters is 2. The van der Waals surface area contributed by atoms with Crippen LogP contribution in [-0.4, -0.2) is 42.5 Å². The number of unbranched alkanes of at least 4 members (excludes halogenated alkanes) is 1. The van der Waals surface area contributed by atoms with Gasteiger partial charge in [-0.2, -0.15) is 0 Å². The third-order valence-corrected chi connectivity index (χ3v) is 3.91. The Labute approximate surface area is 177 Å². The van der Waals surface area contributed by atoms with Gasteiger partial charge in [0.15, 0.2) is 11.5 Å². The number of hydrogen-bond donors (Lipinski definition) is 1. The summed E-state index contributed by atoms with van der Waals surface area (Å²) in [7, 11) is 1.40. The minimum absolute atomic E-state index is 0.0150. The van der Waals surface area contributed by atoms with E-state index in [2.05, 4.69) is 4.84 Å². The van der Waals surface area contributed by atoms with Crippen molar-refractivity contribution in [2.45, 2.75) is 12.8 Å². The molecule has 164 valence electrons. The number of nitrogens with zero attached hydrogens (tertiary/aromatic N) is 1. The number of ether oxygens (including phenoxy) is 3. The lowest BCUT2D eigenvalue weighted by atomic mass is 10.1. The van der Waals surface area contributed by atoms with E-state index in [1.165, 1.54) is 37.5 Å². The SMILES string of the molecule is COc1cc(/C=C/C(=O)OCCCCO[N+](=O)[O-])ccc1OC(=O)c1ccccc1O. The molecule has 0 radical (unpaired) electrons. The van der Waals surface area contributed by atoms with Crippen LogP contribution in [0.4, 0.5) is 0 Å². The van der Waals surface area contributed by atoms with E-state index in [1.54, 1.807) is 24.3 Å². The molecule has 31 heavy (non-hydrogen) atoms. The second kappa shape index (κ2) is 11.8. The van der Waals surface area contributed by atoms with Crippen LogP contribution in [0.5, 0.6) is 17.2 Å². The molecule has 2 aromatic carbocycles. The largest absolute Gasteiger partial charge is 0.507 e. The predicted octanol–water partition coefficient (Wildman–Crippen LogP) is 3.16. The third kappa shape index (κ3) is 7.69. The van der Waals surface area contributed by atoms with Crippen LogP contribution in [0, 0.1) is 10.1 Å². The summed E-state index contributed by atoms with van der Waals surface area (Å²) in [5, 5.41) is 18.9. The fourth-order valence-corrected chi connectivity index (χ4v) is 2.40. The molecule has 10 heteroatoms. The Morgan fingerprint density at radius 3 is 2.55 bits per heavy atom. The van der Waals surface area contributed by atoms with Crippen molar-refractivity contribution in [3.05, 3.63) is 69.8 Å². The molecule has 0 saturated carbocycles. The van der Waals surface area contributed by atoms with Crippen molar-refractivity contribution in [1.82, 2.24) is 0 Å². The molecule has 0 saturated heterocycles. The molecule has 0 aliphatic carbocycles. The van der Waals surface area contributed by atoms with Gasteiger partial charge in [-0.15, -0.1) is 10.1 Å². The van der Waals surface area contributed by atoms with E-state index in [-0.39, 0.29) is 36.0 Å². The van der Waals surface area contributed by atoms with E-state index in [0.29, 0.717) is 18.4 Å². The van der Waals surface area contributed by atoms with E-state index in [4.69, 9.17) is 14.2 Å². The summed E-state index contributed by atoms with van der Waals surface area (Å²) in [6.07, 6.45) is 3.53. The Balaban J connectivity index is 1.90. The molecule has 2 aromatic rings. The topological polar surface area (TPSA) is 134 Å².